The van der Waals surface area contributed by atoms with Crippen LogP contribution in [-0.4, -0.2) is 11.1 Å². The largest absolute Gasteiger partial charge is 0.416 e. The van der Waals surface area contributed by atoms with E-state index in [0.717, 1.165) is 12.1 Å². The van der Waals surface area contributed by atoms with E-state index in [1.54, 1.807) is 0 Å². The first-order chi connectivity index (χ1) is 7.90. The molecule has 0 heterocycles. The van der Waals surface area contributed by atoms with E-state index in [1.165, 1.54) is 6.07 Å². The van der Waals surface area contributed by atoms with Gasteiger partial charge in [-0.05, 0) is 17.7 Å². The molecule has 0 aliphatic rings. The minimum absolute atomic E-state index is 0.135. The summed E-state index contributed by atoms with van der Waals surface area (Å²) >= 11 is 6.25. The average Bonchev–Trinajstić information content (AvgIpc) is 2.27. The third-order valence-electron chi connectivity index (χ3n) is 2.20. The van der Waals surface area contributed by atoms with Crippen LogP contribution in [0.3, 0.4) is 0 Å². The van der Waals surface area contributed by atoms with Crippen molar-refractivity contribution in [2.75, 3.05) is 5.33 Å². The molecule has 94 valence electrons. The quantitative estimate of drug-likeness (QED) is 0.558. The fourth-order valence-corrected chi connectivity index (χ4v) is 2.20. The smallest absolute Gasteiger partial charge is 0.294 e. The van der Waals surface area contributed by atoms with Gasteiger partial charge in [0.25, 0.3) is 0 Å². The second kappa shape index (κ2) is 6.00. The van der Waals surface area contributed by atoms with Crippen LogP contribution >= 0.6 is 31.9 Å². The minimum atomic E-state index is -4.42. The number of alkyl halides is 5. The molecule has 0 aliphatic heterocycles. The van der Waals surface area contributed by atoms with Gasteiger partial charge >= 0.3 is 6.18 Å². The van der Waals surface area contributed by atoms with Crippen LogP contribution in [0.4, 0.5) is 13.2 Å². The lowest BCUT2D eigenvalue weighted by Gasteiger charge is -2.11. The van der Waals surface area contributed by atoms with E-state index in [2.05, 4.69) is 31.9 Å². The van der Waals surface area contributed by atoms with E-state index in [1.807, 2.05) is 0 Å². The zero-order chi connectivity index (χ0) is 13.1. The summed E-state index contributed by atoms with van der Waals surface area (Å²) in [4.78, 5) is 11.7. The summed E-state index contributed by atoms with van der Waals surface area (Å²) in [6.45, 7) is 0. The molecule has 1 nitrogen and oxygen atoms in total. The second-order valence-electron chi connectivity index (χ2n) is 3.37. The topological polar surface area (TPSA) is 17.1 Å². The maximum absolute atomic E-state index is 12.5. The third-order valence-corrected chi connectivity index (χ3v) is 3.20. The molecular weight excluding hydrogens is 365 g/mol. The number of carbonyl (C=O) groups is 1. The standard InChI is InChI=1S/C11H9Br2F3O/c12-4-3-10(17)9-5-8(11(14,15)16)2-1-7(9)6-13/h1-2,5H,3-4,6H2. The molecule has 0 N–H and O–H groups in total. The van der Waals surface area contributed by atoms with Crippen LogP contribution < -0.4 is 0 Å². The van der Waals surface area contributed by atoms with E-state index < -0.39 is 11.7 Å². The third kappa shape index (κ3) is 3.81. The molecule has 17 heavy (non-hydrogen) atoms. The molecule has 0 spiro atoms. The van der Waals surface area contributed by atoms with Crippen molar-refractivity contribution < 1.29 is 18.0 Å². The highest BCUT2D eigenvalue weighted by Crippen LogP contribution is 2.31. The molecule has 0 bridgehead atoms. The summed E-state index contributed by atoms with van der Waals surface area (Å²) in [5.74, 6) is -0.289. The summed E-state index contributed by atoms with van der Waals surface area (Å²) in [6, 6.07) is 3.24. The van der Waals surface area contributed by atoms with Crippen molar-refractivity contribution in [3.63, 3.8) is 0 Å². The Bertz CT molecular complexity index is 416. The Kier molecular flexibility index (Phi) is 5.19. The fraction of sp³-hybridized carbons (Fsp3) is 0.364. The number of hydrogen-bond acceptors (Lipinski definition) is 1. The Hall–Kier alpha value is -0.360. The van der Waals surface area contributed by atoms with Crippen molar-refractivity contribution in [2.45, 2.75) is 17.9 Å². The maximum Gasteiger partial charge on any atom is 0.416 e. The summed E-state index contributed by atoms with van der Waals surface area (Å²) in [5, 5.41) is 0.790. The molecule has 0 amide bonds. The van der Waals surface area contributed by atoms with Gasteiger partial charge in [-0.2, -0.15) is 13.2 Å². The molecule has 0 saturated heterocycles. The van der Waals surface area contributed by atoms with Gasteiger partial charge in [0.1, 0.15) is 0 Å². The van der Waals surface area contributed by atoms with E-state index in [4.69, 9.17) is 0 Å². The number of benzene rings is 1. The molecule has 0 unspecified atom stereocenters. The Morgan fingerprint density at radius 1 is 1.24 bits per heavy atom. The van der Waals surface area contributed by atoms with Crippen LogP contribution in [0.1, 0.15) is 27.9 Å². The highest BCUT2D eigenvalue weighted by atomic mass is 79.9. The second-order valence-corrected chi connectivity index (χ2v) is 4.72. The van der Waals surface area contributed by atoms with Crippen molar-refractivity contribution in [1.82, 2.24) is 0 Å². The molecule has 6 heteroatoms. The molecule has 0 fully saturated rings. The minimum Gasteiger partial charge on any atom is -0.294 e. The summed E-state index contributed by atoms with van der Waals surface area (Å²) in [7, 11) is 0. The Morgan fingerprint density at radius 2 is 1.88 bits per heavy atom. The Balaban J connectivity index is 3.20. The van der Waals surface area contributed by atoms with Gasteiger partial charge in [0.05, 0.1) is 5.56 Å². The van der Waals surface area contributed by atoms with Gasteiger partial charge in [-0.1, -0.05) is 37.9 Å². The number of ketones is 1. The number of carbonyl (C=O) groups excluding carboxylic acids is 1. The van der Waals surface area contributed by atoms with E-state index >= 15 is 0 Å². The van der Waals surface area contributed by atoms with Crippen molar-refractivity contribution in [2.24, 2.45) is 0 Å². The number of Topliss-reactive ketones (excluding diaryl/α,β-unsaturated/α-hetero) is 1. The van der Waals surface area contributed by atoms with Gasteiger partial charge in [0, 0.05) is 22.6 Å². The highest BCUT2D eigenvalue weighted by molar-refractivity contribution is 9.09. The summed E-state index contributed by atoms with van der Waals surface area (Å²) < 4.78 is 37.6. The lowest BCUT2D eigenvalue weighted by Crippen LogP contribution is -2.10. The van der Waals surface area contributed by atoms with Crippen LogP contribution in [0.2, 0.25) is 0 Å². The first-order valence-electron chi connectivity index (χ1n) is 4.75. The van der Waals surface area contributed by atoms with Gasteiger partial charge in [-0.15, -0.1) is 0 Å². The van der Waals surface area contributed by atoms with Gasteiger partial charge in [-0.25, -0.2) is 0 Å². The van der Waals surface area contributed by atoms with Crippen molar-refractivity contribution in [3.8, 4) is 0 Å². The summed E-state index contributed by atoms with van der Waals surface area (Å²) in [6.07, 6.45) is -4.24. The molecule has 0 saturated carbocycles. The number of rotatable bonds is 4. The average molecular weight is 374 g/mol. The normalized spacial score (nSPS) is 11.6. The predicted octanol–water partition coefficient (Wildman–Crippen LogP) is 4.57. The van der Waals surface area contributed by atoms with Gasteiger partial charge in [0.15, 0.2) is 5.78 Å². The number of hydrogen-bond donors (Lipinski definition) is 0. The fourth-order valence-electron chi connectivity index (χ4n) is 1.35. The van der Waals surface area contributed by atoms with Crippen LogP contribution in [0.5, 0.6) is 0 Å². The van der Waals surface area contributed by atoms with Gasteiger partial charge < -0.3 is 0 Å². The predicted molar refractivity (Wildman–Crippen MR) is 66.8 cm³/mol. The van der Waals surface area contributed by atoms with Crippen molar-refractivity contribution >= 4 is 37.6 Å². The summed E-state index contributed by atoms with van der Waals surface area (Å²) in [5.41, 5.74) is -0.0831. The molecule has 0 aliphatic carbocycles. The Morgan fingerprint density at radius 3 is 2.35 bits per heavy atom. The SMILES string of the molecule is O=C(CCBr)c1cc(C(F)(F)F)ccc1CBr. The molecule has 0 aromatic heterocycles. The molecular formula is C11H9Br2F3O. The van der Waals surface area contributed by atoms with E-state index in [9.17, 15) is 18.0 Å². The van der Waals surface area contributed by atoms with Crippen molar-refractivity contribution in [3.05, 3.63) is 34.9 Å². The molecule has 0 atom stereocenters. The maximum atomic E-state index is 12.5. The highest BCUT2D eigenvalue weighted by Gasteiger charge is 2.31. The lowest BCUT2D eigenvalue weighted by molar-refractivity contribution is -0.137. The van der Waals surface area contributed by atoms with Crippen LogP contribution in [0.15, 0.2) is 18.2 Å². The van der Waals surface area contributed by atoms with Gasteiger partial charge in [0.2, 0.25) is 0 Å². The van der Waals surface area contributed by atoms with Crippen LogP contribution in [0.25, 0.3) is 0 Å². The zero-order valence-electron chi connectivity index (χ0n) is 8.65. The number of halogens is 5. The van der Waals surface area contributed by atoms with Crippen LogP contribution in [0, 0.1) is 0 Å². The molecule has 0 radical (unpaired) electrons. The zero-order valence-corrected chi connectivity index (χ0v) is 11.8. The van der Waals surface area contributed by atoms with E-state index in [-0.39, 0.29) is 17.8 Å². The first kappa shape index (κ1) is 14.7. The van der Waals surface area contributed by atoms with E-state index in [0.29, 0.717) is 16.2 Å². The molecule has 1 aromatic carbocycles. The van der Waals surface area contributed by atoms with Crippen molar-refractivity contribution in [1.29, 1.82) is 0 Å². The lowest BCUT2D eigenvalue weighted by atomic mass is 10.00. The monoisotopic (exact) mass is 372 g/mol. The van der Waals surface area contributed by atoms with Gasteiger partial charge in [-0.3, -0.25) is 4.79 Å². The Labute approximate surface area is 114 Å². The molecule has 1 aromatic rings. The van der Waals surface area contributed by atoms with Crippen LogP contribution in [-0.2, 0) is 11.5 Å². The first-order valence-corrected chi connectivity index (χ1v) is 6.99. The molecule has 1 rings (SSSR count).